The Morgan fingerprint density at radius 1 is 0.941 bits per heavy atom. The van der Waals surface area contributed by atoms with Crippen LogP contribution in [0.2, 0.25) is 0 Å². The summed E-state index contributed by atoms with van der Waals surface area (Å²) in [6.07, 6.45) is 0. The largest absolute Gasteiger partial charge is 0.496 e. The maximum absolute atomic E-state index is 5.55. The fourth-order valence-electron chi connectivity index (χ4n) is 1.80. The number of para-hydroxylation sites is 1. The van der Waals surface area contributed by atoms with Gasteiger partial charge in [0.15, 0.2) is 0 Å². The van der Waals surface area contributed by atoms with Crippen molar-refractivity contribution in [2.75, 3.05) is 7.11 Å². The zero-order valence-corrected chi connectivity index (χ0v) is 10.8. The lowest BCUT2D eigenvalue weighted by molar-refractivity contribution is 0.414. The molecule has 0 saturated heterocycles. The second kappa shape index (κ2) is 5.11. The molecule has 2 aromatic rings. The molecule has 0 amide bonds. The van der Waals surface area contributed by atoms with Crippen LogP contribution in [0.15, 0.2) is 48.5 Å². The molecule has 1 nitrogen and oxygen atoms in total. The molecule has 0 aliphatic carbocycles. The van der Waals surface area contributed by atoms with Gasteiger partial charge in [0, 0.05) is 5.56 Å². The van der Waals surface area contributed by atoms with E-state index in [-0.39, 0.29) is 0 Å². The molecule has 0 aliphatic rings. The quantitative estimate of drug-likeness (QED) is 0.598. The van der Waals surface area contributed by atoms with Crippen molar-refractivity contribution in [1.29, 1.82) is 0 Å². The lowest BCUT2D eigenvalue weighted by Crippen LogP contribution is -2.04. The summed E-state index contributed by atoms with van der Waals surface area (Å²) in [6.45, 7) is 2.07. The van der Waals surface area contributed by atoms with Crippen molar-refractivity contribution in [1.82, 2.24) is 0 Å². The van der Waals surface area contributed by atoms with Crippen LogP contribution in [-0.2, 0) is 0 Å². The summed E-state index contributed by atoms with van der Waals surface area (Å²) in [4.78, 5) is 0.834. The van der Waals surface area contributed by atoms with E-state index in [1.807, 2.05) is 42.5 Å². The van der Waals surface area contributed by atoms with Crippen LogP contribution in [0, 0.1) is 6.92 Å². The standard InChI is InChI=1S/C15H14OS/c1-11-7-3-4-8-12(11)15(17)13-9-5-6-10-14(13)16-2/h3-10H,1-2H3. The normalized spacial score (nSPS) is 10.0. The second-order valence-electron chi connectivity index (χ2n) is 3.84. The third-order valence-electron chi connectivity index (χ3n) is 2.74. The van der Waals surface area contributed by atoms with Crippen molar-refractivity contribution in [2.45, 2.75) is 6.92 Å². The Morgan fingerprint density at radius 3 is 2.18 bits per heavy atom. The SMILES string of the molecule is COc1ccccc1C(=S)c1ccccc1C. The first-order valence-corrected chi connectivity index (χ1v) is 5.88. The van der Waals surface area contributed by atoms with Crippen LogP contribution >= 0.6 is 12.2 Å². The molecular formula is C15H14OS. The summed E-state index contributed by atoms with van der Waals surface area (Å²) in [5.74, 6) is 0.820. The molecule has 0 heterocycles. The topological polar surface area (TPSA) is 9.23 Å². The predicted molar refractivity (Wildman–Crippen MR) is 75.0 cm³/mol. The van der Waals surface area contributed by atoms with Crippen molar-refractivity contribution in [3.63, 3.8) is 0 Å². The minimum atomic E-state index is 0.820. The smallest absolute Gasteiger partial charge is 0.127 e. The van der Waals surface area contributed by atoms with Crippen LogP contribution in [0.5, 0.6) is 5.75 Å². The molecule has 0 aliphatic heterocycles. The van der Waals surface area contributed by atoms with Gasteiger partial charge in [-0.2, -0.15) is 0 Å². The van der Waals surface area contributed by atoms with Crippen molar-refractivity contribution >= 4 is 17.1 Å². The van der Waals surface area contributed by atoms with E-state index < -0.39 is 0 Å². The number of benzene rings is 2. The van der Waals surface area contributed by atoms with Crippen molar-refractivity contribution in [2.24, 2.45) is 0 Å². The molecule has 0 N–H and O–H groups in total. The van der Waals surface area contributed by atoms with Gasteiger partial charge >= 0.3 is 0 Å². The molecular weight excluding hydrogens is 228 g/mol. The van der Waals surface area contributed by atoms with Crippen LogP contribution in [-0.4, -0.2) is 12.0 Å². The highest BCUT2D eigenvalue weighted by atomic mass is 32.1. The van der Waals surface area contributed by atoms with E-state index in [9.17, 15) is 0 Å². The van der Waals surface area contributed by atoms with E-state index in [2.05, 4.69) is 13.0 Å². The molecule has 2 heteroatoms. The van der Waals surface area contributed by atoms with Gasteiger partial charge in [-0.1, -0.05) is 48.6 Å². The van der Waals surface area contributed by atoms with E-state index >= 15 is 0 Å². The van der Waals surface area contributed by atoms with E-state index in [1.165, 1.54) is 5.56 Å². The average Bonchev–Trinajstić information content (AvgIpc) is 2.38. The van der Waals surface area contributed by atoms with Crippen molar-refractivity contribution in [3.8, 4) is 5.75 Å². The minimum absolute atomic E-state index is 0.820. The van der Waals surface area contributed by atoms with Gasteiger partial charge in [0.25, 0.3) is 0 Å². The Bertz CT molecular complexity index is 546. The lowest BCUT2D eigenvalue weighted by atomic mass is 10.00. The maximum atomic E-state index is 5.55. The fraction of sp³-hybridized carbons (Fsp3) is 0.133. The van der Waals surface area contributed by atoms with Crippen LogP contribution in [0.3, 0.4) is 0 Å². The number of rotatable bonds is 3. The number of hydrogen-bond acceptors (Lipinski definition) is 2. The van der Waals surface area contributed by atoms with Gasteiger partial charge in [0.1, 0.15) is 5.75 Å². The Labute approximate surface area is 107 Å². The van der Waals surface area contributed by atoms with Gasteiger partial charge in [-0.25, -0.2) is 0 Å². The summed E-state index contributed by atoms with van der Waals surface area (Å²) in [5.41, 5.74) is 3.25. The molecule has 0 radical (unpaired) electrons. The number of thiocarbonyl (C=S) groups is 1. The van der Waals surface area contributed by atoms with Crippen LogP contribution in [0.1, 0.15) is 16.7 Å². The maximum Gasteiger partial charge on any atom is 0.127 e. The van der Waals surface area contributed by atoms with Crippen molar-refractivity contribution in [3.05, 3.63) is 65.2 Å². The molecule has 0 aromatic heterocycles. The van der Waals surface area contributed by atoms with E-state index in [0.717, 1.165) is 21.7 Å². The lowest BCUT2D eigenvalue weighted by Gasteiger charge is -2.11. The van der Waals surface area contributed by atoms with Gasteiger partial charge in [0.2, 0.25) is 0 Å². The monoisotopic (exact) mass is 242 g/mol. The predicted octanol–water partition coefficient (Wildman–Crippen LogP) is 3.77. The molecule has 0 spiro atoms. The number of hydrogen-bond donors (Lipinski definition) is 0. The summed E-state index contributed by atoms with van der Waals surface area (Å²) in [7, 11) is 1.67. The zero-order valence-electron chi connectivity index (χ0n) is 9.94. The Hall–Kier alpha value is -1.67. The first-order chi connectivity index (χ1) is 8.24. The Kier molecular flexibility index (Phi) is 3.55. The number of aryl methyl sites for hydroxylation is 1. The van der Waals surface area contributed by atoms with Gasteiger partial charge in [-0.15, -0.1) is 0 Å². The molecule has 2 aromatic carbocycles. The Balaban J connectivity index is 2.48. The van der Waals surface area contributed by atoms with Gasteiger partial charge in [-0.3, -0.25) is 0 Å². The average molecular weight is 242 g/mol. The first kappa shape index (κ1) is 11.8. The molecule has 0 atom stereocenters. The third kappa shape index (κ3) is 2.37. The molecule has 86 valence electrons. The molecule has 0 saturated carbocycles. The van der Waals surface area contributed by atoms with Gasteiger partial charge in [-0.05, 0) is 30.2 Å². The minimum Gasteiger partial charge on any atom is -0.496 e. The highest BCUT2D eigenvalue weighted by Gasteiger charge is 2.11. The van der Waals surface area contributed by atoms with Gasteiger partial charge in [0.05, 0.1) is 12.0 Å². The summed E-state index contributed by atoms with van der Waals surface area (Å²) < 4.78 is 5.34. The Morgan fingerprint density at radius 2 is 1.53 bits per heavy atom. The summed E-state index contributed by atoms with van der Waals surface area (Å²) in [5, 5.41) is 0. The second-order valence-corrected chi connectivity index (χ2v) is 4.25. The number of ether oxygens (including phenoxy) is 1. The van der Waals surface area contributed by atoms with Crippen molar-refractivity contribution < 1.29 is 4.74 Å². The number of methoxy groups -OCH3 is 1. The zero-order chi connectivity index (χ0) is 12.3. The highest BCUT2D eigenvalue weighted by Crippen LogP contribution is 2.23. The van der Waals surface area contributed by atoms with Gasteiger partial charge < -0.3 is 4.74 Å². The molecule has 0 unspecified atom stereocenters. The highest BCUT2D eigenvalue weighted by molar-refractivity contribution is 7.81. The van der Waals surface area contributed by atoms with E-state index in [4.69, 9.17) is 17.0 Å². The molecule has 0 bridgehead atoms. The summed E-state index contributed by atoms with van der Waals surface area (Å²) >= 11 is 5.55. The van der Waals surface area contributed by atoms with E-state index in [0.29, 0.717) is 0 Å². The fourth-order valence-corrected chi connectivity index (χ4v) is 2.20. The van der Waals surface area contributed by atoms with Crippen LogP contribution in [0.25, 0.3) is 0 Å². The van der Waals surface area contributed by atoms with Crippen LogP contribution < -0.4 is 4.74 Å². The van der Waals surface area contributed by atoms with E-state index in [1.54, 1.807) is 7.11 Å². The third-order valence-corrected chi connectivity index (χ3v) is 3.18. The van der Waals surface area contributed by atoms with Crippen LogP contribution in [0.4, 0.5) is 0 Å². The summed E-state index contributed by atoms with van der Waals surface area (Å²) in [6, 6.07) is 16.0. The molecule has 17 heavy (non-hydrogen) atoms. The molecule has 0 fully saturated rings. The molecule has 2 rings (SSSR count). The first-order valence-electron chi connectivity index (χ1n) is 5.47.